The zero-order chi connectivity index (χ0) is 26.4. The summed E-state index contributed by atoms with van der Waals surface area (Å²) in [5.41, 5.74) is 2.27. The highest BCUT2D eigenvalue weighted by molar-refractivity contribution is 8.00. The van der Waals surface area contributed by atoms with Crippen LogP contribution < -0.4 is 15.4 Å². The number of nitrogens with one attached hydrogen (secondary N) is 2. The molecule has 4 rings (SSSR count). The molecule has 0 aliphatic heterocycles. The van der Waals surface area contributed by atoms with Gasteiger partial charge >= 0.3 is 0 Å². The number of rotatable bonds is 9. The topological polar surface area (TPSA) is 123 Å². The van der Waals surface area contributed by atoms with Crippen molar-refractivity contribution in [3.8, 4) is 17.0 Å². The minimum atomic E-state index is -0.547. The molecule has 9 nitrogen and oxygen atoms in total. The maximum Gasteiger partial charge on any atom is 0.270 e. The van der Waals surface area contributed by atoms with Gasteiger partial charge in [-0.15, -0.1) is 23.1 Å². The Kier molecular flexibility index (Phi) is 8.16. The number of aromatic nitrogens is 1. The van der Waals surface area contributed by atoms with Crippen LogP contribution in [-0.4, -0.2) is 34.1 Å². The van der Waals surface area contributed by atoms with E-state index in [4.69, 9.17) is 4.74 Å². The zero-order valence-electron chi connectivity index (χ0n) is 19.8. The summed E-state index contributed by atoms with van der Waals surface area (Å²) < 4.78 is 5.17. The van der Waals surface area contributed by atoms with Crippen molar-refractivity contribution < 1.29 is 19.2 Å². The van der Waals surface area contributed by atoms with E-state index in [-0.39, 0.29) is 17.2 Å². The first-order valence-electron chi connectivity index (χ1n) is 11.1. The molecule has 0 aliphatic carbocycles. The van der Waals surface area contributed by atoms with E-state index in [1.54, 1.807) is 38.3 Å². The normalized spacial score (nSPS) is 11.4. The predicted octanol–water partition coefficient (Wildman–Crippen LogP) is 6.10. The molecule has 188 valence electrons. The molecule has 0 bridgehead atoms. The molecule has 0 spiro atoms. The molecule has 37 heavy (non-hydrogen) atoms. The molecule has 2 N–H and O–H groups in total. The van der Waals surface area contributed by atoms with Crippen LogP contribution in [0.15, 0.2) is 83.1 Å². The van der Waals surface area contributed by atoms with E-state index in [9.17, 15) is 19.7 Å². The highest BCUT2D eigenvalue weighted by Crippen LogP contribution is 2.29. The van der Waals surface area contributed by atoms with Crippen molar-refractivity contribution >= 4 is 51.4 Å². The largest absolute Gasteiger partial charge is 0.497 e. The first-order chi connectivity index (χ1) is 17.8. The number of nitro groups is 1. The van der Waals surface area contributed by atoms with E-state index in [0.29, 0.717) is 10.8 Å². The predicted molar refractivity (Wildman–Crippen MR) is 146 cm³/mol. The van der Waals surface area contributed by atoms with Gasteiger partial charge in [-0.2, -0.15) is 0 Å². The molecule has 2 amide bonds. The second-order valence-corrected chi connectivity index (χ2v) is 10.1. The molecule has 0 radical (unpaired) electrons. The molecule has 0 saturated heterocycles. The number of carbonyl (C=O) groups is 2. The van der Waals surface area contributed by atoms with Gasteiger partial charge in [-0.05, 0) is 61.5 Å². The van der Waals surface area contributed by atoms with Crippen molar-refractivity contribution in [1.29, 1.82) is 0 Å². The number of nitro benzene ring substituents is 1. The fourth-order valence-electron chi connectivity index (χ4n) is 3.27. The molecule has 4 aromatic rings. The summed E-state index contributed by atoms with van der Waals surface area (Å²) in [6.45, 7) is 1.80. The third kappa shape index (κ3) is 6.72. The van der Waals surface area contributed by atoms with Crippen LogP contribution >= 0.6 is 23.1 Å². The lowest BCUT2D eigenvalue weighted by atomic mass is 10.2. The molecular formula is C26H22N4O5S2. The number of non-ortho nitro benzene ring substituents is 1. The number of amides is 2. The maximum absolute atomic E-state index is 12.7. The minimum absolute atomic E-state index is 0.152. The molecule has 0 aliphatic rings. The van der Waals surface area contributed by atoms with Crippen LogP contribution in [0.2, 0.25) is 0 Å². The van der Waals surface area contributed by atoms with Crippen molar-refractivity contribution in [3.05, 3.63) is 93.9 Å². The Hall–Kier alpha value is -4.22. The van der Waals surface area contributed by atoms with Crippen molar-refractivity contribution in [2.24, 2.45) is 0 Å². The molecule has 1 unspecified atom stereocenters. The number of benzene rings is 3. The highest BCUT2D eigenvalue weighted by Gasteiger charge is 2.17. The van der Waals surface area contributed by atoms with Crippen molar-refractivity contribution in [2.75, 3.05) is 17.7 Å². The van der Waals surface area contributed by atoms with E-state index in [1.165, 1.54) is 47.4 Å². The van der Waals surface area contributed by atoms with Crippen LogP contribution in [0.5, 0.6) is 5.75 Å². The number of thiazole rings is 1. The lowest BCUT2D eigenvalue weighted by Crippen LogP contribution is -2.22. The molecule has 11 heteroatoms. The monoisotopic (exact) mass is 534 g/mol. The van der Waals surface area contributed by atoms with Crippen molar-refractivity contribution in [3.63, 3.8) is 0 Å². The summed E-state index contributed by atoms with van der Waals surface area (Å²) in [7, 11) is 1.61. The van der Waals surface area contributed by atoms with E-state index in [2.05, 4.69) is 15.6 Å². The molecule has 1 atom stereocenters. The summed E-state index contributed by atoms with van der Waals surface area (Å²) >= 11 is 2.72. The number of methoxy groups -OCH3 is 1. The van der Waals surface area contributed by atoms with Crippen LogP contribution in [0.3, 0.4) is 0 Å². The van der Waals surface area contributed by atoms with Crippen LogP contribution in [-0.2, 0) is 4.79 Å². The molecule has 0 fully saturated rings. The Morgan fingerprint density at radius 3 is 2.46 bits per heavy atom. The summed E-state index contributed by atoms with van der Waals surface area (Å²) in [5.74, 6) is 0.134. The zero-order valence-corrected chi connectivity index (χ0v) is 21.5. The number of nitrogens with zero attached hydrogens (tertiary/aromatic N) is 2. The van der Waals surface area contributed by atoms with Crippen LogP contribution in [0.1, 0.15) is 17.3 Å². The van der Waals surface area contributed by atoms with Gasteiger partial charge in [0.1, 0.15) is 5.75 Å². The lowest BCUT2D eigenvalue weighted by Gasteiger charge is -2.11. The van der Waals surface area contributed by atoms with Crippen LogP contribution in [0.4, 0.5) is 16.5 Å². The van der Waals surface area contributed by atoms with E-state index in [0.717, 1.165) is 21.9 Å². The minimum Gasteiger partial charge on any atom is -0.497 e. The first-order valence-corrected chi connectivity index (χ1v) is 12.8. The number of carbonyl (C=O) groups excluding carboxylic acids is 2. The third-order valence-electron chi connectivity index (χ3n) is 5.23. The second kappa shape index (κ2) is 11.7. The Balaban J connectivity index is 1.31. The summed E-state index contributed by atoms with van der Waals surface area (Å²) in [4.78, 5) is 40.9. The molecule has 3 aromatic carbocycles. The lowest BCUT2D eigenvalue weighted by molar-refractivity contribution is -0.384. The van der Waals surface area contributed by atoms with Gasteiger partial charge < -0.3 is 15.4 Å². The Morgan fingerprint density at radius 1 is 1.05 bits per heavy atom. The van der Waals surface area contributed by atoms with Gasteiger partial charge in [0, 0.05) is 39.2 Å². The van der Waals surface area contributed by atoms with Gasteiger partial charge in [-0.3, -0.25) is 19.7 Å². The summed E-state index contributed by atoms with van der Waals surface area (Å²) in [6.07, 6.45) is 0. The highest BCUT2D eigenvalue weighted by atomic mass is 32.2. The smallest absolute Gasteiger partial charge is 0.270 e. The summed E-state index contributed by atoms with van der Waals surface area (Å²) in [5, 5.41) is 18.5. The number of anilines is 2. The van der Waals surface area contributed by atoms with Crippen LogP contribution in [0.25, 0.3) is 11.3 Å². The van der Waals surface area contributed by atoms with Crippen molar-refractivity contribution in [2.45, 2.75) is 17.1 Å². The molecule has 1 aromatic heterocycles. The molecule has 1 heterocycles. The maximum atomic E-state index is 12.7. The first kappa shape index (κ1) is 25.9. The van der Waals surface area contributed by atoms with Gasteiger partial charge in [0.15, 0.2) is 5.13 Å². The quantitative estimate of drug-likeness (QED) is 0.151. The fraction of sp³-hybridized carbons (Fsp3) is 0.115. The number of hydrogen-bond acceptors (Lipinski definition) is 8. The Labute approximate surface area is 221 Å². The van der Waals surface area contributed by atoms with Gasteiger partial charge in [0.05, 0.1) is 23.0 Å². The van der Waals surface area contributed by atoms with E-state index >= 15 is 0 Å². The number of hydrogen-bond donors (Lipinski definition) is 2. The molecule has 0 saturated carbocycles. The second-order valence-electron chi connectivity index (χ2n) is 7.80. The number of thioether (sulfide) groups is 1. The van der Waals surface area contributed by atoms with Gasteiger partial charge in [-0.1, -0.05) is 6.07 Å². The van der Waals surface area contributed by atoms with Crippen molar-refractivity contribution in [1.82, 2.24) is 4.98 Å². The average Bonchev–Trinajstić information content (AvgIpc) is 3.38. The van der Waals surface area contributed by atoms with Gasteiger partial charge in [0.25, 0.3) is 11.6 Å². The van der Waals surface area contributed by atoms with E-state index in [1.807, 2.05) is 29.6 Å². The average molecular weight is 535 g/mol. The Morgan fingerprint density at radius 2 is 1.78 bits per heavy atom. The third-order valence-corrected chi connectivity index (χ3v) is 7.10. The fourth-order valence-corrected chi connectivity index (χ4v) is 4.86. The molecular weight excluding hydrogens is 512 g/mol. The van der Waals surface area contributed by atoms with Gasteiger partial charge in [-0.25, -0.2) is 4.98 Å². The Bertz CT molecular complexity index is 1420. The number of ether oxygens (including phenoxy) is 1. The summed E-state index contributed by atoms with van der Waals surface area (Å²) in [6, 6.07) is 20.1. The van der Waals surface area contributed by atoms with Crippen LogP contribution in [0, 0.1) is 10.1 Å². The SMILES string of the molecule is COc1ccc(-c2csc(NC(=O)C(C)Sc3ccc(NC(=O)c4cccc([N+](=O)[O-])c4)cc3)n2)cc1. The standard InChI is InChI=1S/C26H22N4O5S2/c1-16(24(31)29-26-28-23(15-36-26)17-6-10-21(35-2)11-7-17)37-22-12-8-19(9-13-22)27-25(32)18-4-3-5-20(14-18)30(33)34/h3-16H,1-2H3,(H,27,32)(H,28,29,31). The van der Waals surface area contributed by atoms with Gasteiger partial charge in [0.2, 0.25) is 5.91 Å². The van der Waals surface area contributed by atoms with E-state index < -0.39 is 16.1 Å².